The fraction of sp³-hybridized carbons (Fsp3) is 0.500. The van der Waals surface area contributed by atoms with E-state index in [1.165, 1.54) is 10.9 Å². The molecule has 0 saturated carbocycles. The largest absolute Gasteiger partial charge is 0.490 e. The molecule has 1 fully saturated rings. The fourth-order valence-corrected chi connectivity index (χ4v) is 5.82. The summed E-state index contributed by atoms with van der Waals surface area (Å²) in [6, 6.07) is 0. The molecule has 0 aliphatic carbocycles. The average molecular weight is 545 g/mol. The van der Waals surface area contributed by atoms with Crippen molar-refractivity contribution in [2.45, 2.75) is 24.9 Å². The summed E-state index contributed by atoms with van der Waals surface area (Å²) in [4.78, 5) is 62.6. The standard InChI is InChI=1S/C10H17N6O13P3.Na/c11-10-14-8-7(9(17)15-10)13-3-16(8)6-1-4(27-12)5(26-6)2-25-31(21,22)29-32(23,24)28-30(18,19)20;/h3-6H,1-2,12H2,(H,21,22)(H,23,24)(H2,18,19,20)(H3,11,14,15,17);. The summed E-state index contributed by atoms with van der Waals surface area (Å²) in [6.07, 6.45) is -1.72. The van der Waals surface area contributed by atoms with E-state index in [9.17, 15) is 23.4 Å². The Morgan fingerprint density at radius 1 is 1.21 bits per heavy atom. The second-order valence-electron chi connectivity index (χ2n) is 6.20. The van der Waals surface area contributed by atoms with E-state index in [1.807, 2.05) is 0 Å². The maximum absolute atomic E-state index is 11.9. The molecule has 1 aliphatic rings. The average Bonchev–Trinajstić information content (AvgIpc) is 3.20. The van der Waals surface area contributed by atoms with Gasteiger partial charge in [0.05, 0.1) is 12.9 Å². The summed E-state index contributed by atoms with van der Waals surface area (Å²) in [6.45, 7) is -0.787. The van der Waals surface area contributed by atoms with Crippen LogP contribution in [-0.2, 0) is 36.4 Å². The van der Waals surface area contributed by atoms with Crippen LogP contribution < -0.4 is 17.2 Å². The van der Waals surface area contributed by atoms with Gasteiger partial charge in [0.15, 0.2) is 11.2 Å². The first kappa shape index (κ1) is 28.7. The number of aromatic amines is 1. The summed E-state index contributed by atoms with van der Waals surface area (Å²) in [7, 11) is -16.6. The topological polar surface area (TPSA) is 294 Å². The number of phosphoric acid groups is 3. The van der Waals surface area contributed by atoms with Gasteiger partial charge >= 0.3 is 23.5 Å². The molecule has 3 rings (SSSR count). The van der Waals surface area contributed by atoms with Gasteiger partial charge in [-0.05, 0) is 0 Å². The summed E-state index contributed by atoms with van der Waals surface area (Å²) >= 11 is 0. The zero-order chi connectivity index (χ0) is 23.9. The molecule has 2 aromatic heterocycles. The molecular formula is C10H17N6NaO13P3. The molecule has 2 aromatic rings. The van der Waals surface area contributed by atoms with Crippen molar-refractivity contribution >= 4 is 70.1 Å². The Hall–Kier alpha value is -0.560. The molecule has 0 amide bonds. The molecule has 181 valence electrons. The third kappa shape index (κ3) is 7.46. The Morgan fingerprint density at radius 3 is 2.48 bits per heavy atom. The molecule has 0 aromatic carbocycles. The van der Waals surface area contributed by atoms with E-state index in [-0.39, 0.29) is 53.1 Å². The second-order valence-corrected chi connectivity index (χ2v) is 10.6. The van der Waals surface area contributed by atoms with Crippen LogP contribution in [0.3, 0.4) is 0 Å². The van der Waals surface area contributed by atoms with Gasteiger partial charge in [-0.3, -0.25) is 23.7 Å². The van der Waals surface area contributed by atoms with Crippen molar-refractivity contribution in [3.05, 3.63) is 16.7 Å². The number of anilines is 1. The summed E-state index contributed by atoms with van der Waals surface area (Å²) in [5.41, 5.74) is 4.96. The minimum atomic E-state index is -5.67. The van der Waals surface area contributed by atoms with Gasteiger partial charge < -0.3 is 30.0 Å². The summed E-state index contributed by atoms with van der Waals surface area (Å²) in [5.74, 6) is 5.02. The predicted molar refractivity (Wildman–Crippen MR) is 106 cm³/mol. The molecule has 9 N–H and O–H groups in total. The number of H-pyrrole nitrogens is 1. The Kier molecular flexibility index (Phi) is 9.21. The zero-order valence-electron chi connectivity index (χ0n) is 16.5. The number of nitrogen functional groups attached to an aromatic ring is 1. The first-order valence-corrected chi connectivity index (χ1v) is 12.7. The smallest absolute Gasteiger partial charge is 0.369 e. The van der Waals surface area contributed by atoms with Gasteiger partial charge in [-0.15, -0.1) is 0 Å². The Balaban J connectivity index is 0.00000385. The van der Waals surface area contributed by atoms with Gasteiger partial charge in [-0.25, -0.2) is 24.6 Å². The van der Waals surface area contributed by atoms with E-state index in [2.05, 4.69) is 28.1 Å². The maximum atomic E-state index is 11.9. The number of nitrogens with zero attached hydrogens (tertiary/aromatic N) is 3. The van der Waals surface area contributed by atoms with Crippen LogP contribution in [0.25, 0.3) is 11.2 Å². The monoisotopic (exact) mass is 545 g/mol. The molecule has 33 heavy (non-hydrogen) atoms. The summed E-state index contributed by atoms with van der Waals surface area (Å²) in [5, 5.41) is 0. The minimum Gasteiger partial charge on any atom is -0.369 e. The third-order valence-electron chi connectivity index (χ3n) is 3.93. The predicted octanol–water partition coefficient (Wildman–Crippen LogP) is -1.79. The maximum Gasteiger partial charge on any atom is 0.490 e. The van der Waals surface area contributed by atoms with Gasteiger partial charge in [0.25, 0.3) is 5.56 Å². The fourth-order valence-electron chi connectivity index (χ4n) is 2.79. The van der Waals surface area contributed by atoms with Crippen LogP contribution in [0.2, 0.25) is 0 Å². The van der Waals surface area contributed by atoms with Gasteiger partial charge in [-0.1, -0.05) is 0 Å². The molecule has 5 atom stereocenters. The van der Waals surface area contributed by atoms with E-state index in [0.29, 0.717) is 0 Å². The number of fused-ring (bicyclic) bond motifs is 1. The molecular weight excluding hydrogens is 528 g/mol. The van der Waals surface area contributed by atoms with Crippen molar-refractivity contribution in [3.8, 4) is 0 Å². The number of ether oxygens (including phenoxy) is 1. The van der Waals surface area contributed by atoms with E-state index >= 15 is 0 Å². The van der Waals surface area contributed by atoms with E-state index in [4.69, 9.17) is 35.9 Å². The van der Waals surface area contributed by atoms with Crippen LogP contribution >= 0.6 is 23.5 Å². The number of imidazole rings is 1. The van der Waals surface area contributed by atoms with E-state index < -0.39 is 54.1 Å². The van der Waals surface area contributed by atoms with Crippen molar-refractivity contribution in [3.63, 3.8) is 0 Å². The molecule has 5 unspecified atom stereocenters. The van der Waals surface area contributed by atoms with Gasteiger partial charge in [0.2, 0.25) is 5.95 Å². The van der Waals surface area contributed by atoms with Crippen molar-refractivity contribution in [2.75, 3.05) is 12.3 Å². The van der Waals surface area contributed by atoms with Crippen LogP contribution in [0, 0.1) is 0 Å². The normalized spacial score (nSPS) is 24.8. The Morgan fingerprint density at radius 2 is 1.88 bits per heavy atom. The van der Waals surface area contributed by atoms with Crippen LogP contribution in [0.1, 0.15) is 12.6 Å². The molecule has 1 aliphatic heterocycles. The Bertz CT molecular complexity index is 1200. The second kappa shape index (κ2) is 10.6. The van der Waals surface area contributed by atoms with Crippen molar-refractivity contribution in [1.29, 1.82) is 0 Å². The molecule has 0 spiro atoms. The quantitative estimate of drug-likeness (QED) is 0.104. The number of nitrogens with two attached hydrogens (primary N) is 2. The van der Waals surface area contributed by atoms with Crippen molar-refractivity contribution in [1.82, 2.24) is 19.5 Å². The van der Waals surface area contributed by atoms with Gasteiger partial charge in [0, 0.05) is 36.0 Å². The van der Waals surface area contributed by atoms with Crippen molar-refractivity contribution < 1.29 is 56.0 Å². The number of aromatic nitrogens is 4. The molecule has 1 radical (unpaired) electrons. The molecule has 23 heteroatoms. The Labute approximate surface area is 205 Å². The number of hydrogen-bond acceptors (Lipinski definition) is 13. The van der Waals surface area contributed by atoms with Gasteiger partial charge in [0.1, 0.15) is 18.4 Å². The van der Waals surface area contributed by atoms with Gasteiger partial charge in [-0.2, -0.15) is 13.6 Å². The van der Waals surface area contributed by atoms with E-state index in [1.54, 1.807) is 0 Å². The van der Waals surface area contributed by atoms with Crippen LogP contribution in [0.4, 0.5) is 5.95 Å². The number of rotatable bonds is 9. The SMILES string of the molecule is NOC1CC(n2cnc3c(=O)[nH]c(N)nc32)OC1COP(=O)(O)OP(=O)(O)OP(=O)(O)O.[Na]. The first-order valence-electron chi connectivity index (χ1n) is 8.21. The van der Waals surface area contributed by atoms with E-state index in [0.717, 1.165) is 0 Å². The number of hydrogen-bond donors (Lipinski definition) is 7. The number of phosphoric ester groups is 1. The molecule has 19 nitrogen and oxygen atoms in total. The van der Waals surface area contributed by atoms with Crippen molar-refractivity contribution in [2.24, 2.45) is 5.90 Å². The minimum absolute atomic E-state index is 0. The van der Waals surface area contributed by atoms with Crippen LogP contribution in [0.5, 0.6) is 0 Å². The zero-order valence-corrected chi connectivity index (χ0v) is 21.2. The summed E-state index contributed by atoms with van der Waals surface area (Å²) < 4.78 is 52.6. The molecule has 0 bridgehead atoms. The first-order chi connectivity index (χ1) is 14.7. The molecule has 3 heterocycles. The third-order valence-corrected chi connectivity index (χ3v) is 7.74. The van der Waals surface area contributed by atoms with Crippen LogP contribution in [0.15, 0.2) is 11.1 Å². The number of nitrogens with one attached hydrogen (secondary N) is 1. The molecule has 1 saturated heterocycles. The van der Waals surface area contributed by atoms with Crippen LogP contribution in [-0.4, -0.2) is 87.5 Å².